The largest absolute Gasteiger partial charge is 0.291 e. The van der Waals surface area contributed by atoms with Crippen LogP contribution in [0.5, 0.6) is 0 Å². The van der Waals surface area contributed by atoms with Crippen LogP contribution in [0.4, 0.5) is 4.39 Å². The van der Waals surface area contributed by atoms with Crippen molar-refractivity contribution in [1.29, 1.82) is 0 Å². The van der Waals surface area contributed by atoms with E-state index in [1.165, 1.54) is 29.5 Å². The van der Waals surface area contributed by atoms with Crippen LogP contribution < -0.4 is 5.43 Å². The zero-order chi connectivity index (χ0) is 17.1. The van der Waals surface area contributed by atoms with Gasteiger partial charge in [0.15, 0.2) is 5.69 Å². The molecule has 0 saturated heterocycles. The second-order valence-corrected chi connectivity index (χ2v) is 6.73. The Morgan fingerprint density at radius 3 is 2.88 bits per heavy atom. The highest BCUT2D eigenvalue weighted by molar-refractivity contribution is 7.19. The minimum Gasteiger partial charge on any atom is -0.276 e. The van der Waals surface area contributed by atoms with Crippen LogP contribution in [0.25, 0.3) is 10.6 Å². The van der Waals surface area contributed by atoms with Gasteiger partial charge in [0, 0.05) is 5.56 Å². The third-order valence-electron chi connectivity index (χ3n) is 3.01. The summed E-state index contributed by atoms with van der Waals surface area (Å²) in [5.41, 5.74) is 3.17. The number of aromatic amines is 1. The van der Waals surface area contributed by atoms with Crippen molar-refractivity contribution in [2.24, 2.45) is 5.10 Å². The molecule has 1 amide bonds. The van der Waals surface area contributed by atoms with E-state index in [0.29, 0.717) is 10.0 Å². The summed E-state index contributed by atoms with van der Waals surface area (Å²) in [7, 11) is 0. The van der Waals surface area contributed by atoms with Crippen molar-refractivity contribution >= 4 is 46.7 Å². The smallest absolute Gasteiger partial charge is 0.276 e. The average molecular weight is 383 g/mol. The molecule has 0 aliphatic rings. The number of H-pyrrole nitrogens is 1. The number of benzene rings is 1. The standard InChI is InChI=1S/C15H9Cl2FN4OS/c16-9-2-1-3-10(18)8(9)7-19-22-15(23)12-6-11(20-21-12)13-4-5-14(17)24-13/h1-7H,(H,20,21)(H,22,23)/b19-7-. The number of halogens is 3. The zero-order valence-corrected chi connectivity index (χ0v) is 14.2. The fraction of sp³-hybridized carbons (Fsp3) is 0. The summed E-state index contributed by atoms with van der Waals surface area (Å²) in [6.45, 7) is 0. The molecule has 9 heteroatoms. The van der Waals surface area contributed by atoms with Gasteiger partial charge >= 0.3 is 0 Å². The van der Waals surface area contributed by atoms with Gasteiger partial charge in [-0.05, 0) is 30.3 Å². The average Bonchev–Trinajstić information content (AvgIpc) is 3.19. The Bertz CT molecular complexity index is 902. The third kappa shape index (κ3) is 3.64. The molecule has 0 radical (unpaired) electrons. The Kier molecular flexibility index (Phi) is 4.94. The van der Waals surface area contributed by atoms with E-state index in [4.69, 9.17) is 23.2 Å². The maximum atomic E-state index is 13.6. The quantitative estimate of drug-likeness (QED) is 0.520. The van der Waals surface area contributed by atoms with Crippen molar-refractivity contribution in [2.75, 3.05) is 0 Å². The highest BCUT2D eigenvalue weighted by Crippen LogP contribution is 2.29. The summed E-state index contributed by atoms with van der Waals surface area (Å²) in [6.07, 6.45) is 1.14. The van der Waals surface area contributed by atoms with Crippen LogP contribution in [-0.4, -0.2) is 22.3 Å². The molecule has 0 aliphatic carbocycles. The van der Waals surface area contributed by atoms with E-state index in [2.05, 4.69) is 20.7 Å². The van der Waals surface area contributed by atoms with Crippen molar-refractivity contribution in [3.05, 3.63) is 62.8 Å². The summed E-state index contributed by atoms with van der Waals surface area (Å²) >= 11 is 13.1. The van der Waals surface area contributed by atoms with Crippen molar-refractivity contribution in [1.82, 2.24) is 15.6 Å². The number of thiophene rings is 1. The van der Waals surface area contributed by atoms with Gasteiger partial charge in [0.05, 0.1) is 26.1 Å². The van der Waals surface area contributed by atoms with Crippen molar-refractivity contribution in [3.8, 4) is 10.6 Å². The molecule has 0 fully saturated rings. The van der Waals surface area contributed by atoms with Gasteiger partial charge in [-0.3, -0.25) is 9.89 Å². The Balaban J connectivity index is 1.70. The first kappa shape index (κ1) is 16.6. The molecule has 2 N–H and O–H groups in total. The molecule has 0 spiro atoms. The molecule has 0 unspecified atom stereocenters. The zero-order valence-electron chi connectivity index (χ0n) is 11.9. The first-order valence-corrected chi connectivity index (χ1v) is 8.20. The molecular formula is C15H9Cl2FN4OS. The molecule has 5 nitrogen and oxygen atoms in total. The van der Waals surface area contributed by atoms with E-state index < -0.39 is 11.7 Å². The Morgan fingerprint density at radius 1 is 1.33 bits per heavy atom. The molecule has 0 saturated carbocycles. The number of hydrogen-bond donors (Lipinski definition) is 2. The summed E-state index contributed by atoms with van der Waals surface area (Å²) in [5.74, 6) is -1.07. The Morgan fingerprint density at radius 2 is 2.17 bits per heavy atom. The van der Waals surface area contributed by atoms with Crippen LogP contribution in [0.15, 0.2) is 41.5 Å². The van der Waals surface area contributed by atoms with E-state index in [-0.39, 0.29) is 16.3 Å². The highest BCUT2D eigenvalue weighted by atomic mass is 35.5. The lowest BCUT2D eigenvalue weighted by atomic mass is 10.2. The molecule has 1 aromatic carbocycles. The van der Waals surface area contributed by atoms with E-state index in [9.17, 15) is 9.18 Å². The molecule has 3 aromatic rings. The number of hydrogen-bond acceptors (Lipinski definition) is 4. The lowest BCUT2D eigenvalue weighted by Crippen LogP contribution is -2.18. The fourth-order valence-electron chi connectivity index (χ4n) is 1.87. The monoisotopic (exact) mass is 382 g/mol. The van der Waals surface area contributed by atoms with E-state index in [0.717, 1.165) is 11.1 Å². The predicted molar refractivity (Wildman–Crippen MR) is 93.4 cm³/mol. The number of hydrazone groups is 1. The molecule has 2 aromatic heterocycles. The molecule has 24 heavy (non-hydrogen) atoms. The van der Waals surface area contributed by atoms with Crippen molar-refractivity contribution < 1.29 is 9.18 Å². The van der Waals surface area contributed by atoms with E-state index in [1.807, 2.05) is 6.07 Å². The van der Waals surface area contributed by atoms with Crippen LogP contribution in [0, 0.1) is 5.82 Å². The number of amides is 1. The molecule has 0 aliphatic heterocycles. The predicted octanol–water partition coefficient (Wildman–Crippen LogP) is 4.35. The van der Waals surface area contributed by atoms with Crippen molar-refractivity contribution in [3.63, 3.8) is 0 Å². The van der Waals surface area contributed by atoms with Crippen LogP contribution >= 0.6 is 34.5 Å². The molecule has 2 heterocycles. The minimum atomic E-state index is -0.538. The minimum absolute atomic E-state index is 0.0930. The van der Waals surface area contributed by atoms with Crippen LogP contribution in [0.1, 0.15) is 16.1 Å². The number of rotatable bonds is 4. The van der Waals surface area contributed by atoms with Gasteiger partial charge < -0.3 is 0 Å². The SMILES string of the molecule is O=C(N/N=C\c1c(F)cccc1Cl)c1cc(-c2ccc(Cl)s2)[nH]n1. The molecule has 122 valence electrons. The van der Waals surface area contributed by atoms with E-state index in [1.54, 1.807) is 12.1 Å². The third-order valence-corrected chi connectivity index (χ3v) is 4.60. The van der Waals surface area contributed by atoms with Gasteiger partial charge in [-0.2, -0.15) is 10.2 Å². The number of nitrogens with one attached hydrogen (secondary N) is 2. The molecule has 0 atom stereocenters. The van der Waals surface area contributed by atoms with Gasteiger partial charge in [-0.1, -0.05) is 29.3 Å². The summed E-state index contributed by atoms with van der Waals surface area (Å²) < 4.78 is 14.2. The molecule has 3 rings (SSSR count). The topological polar surface area (TPSA) is 70.1 Å². The number of carbonyl (C=O) groups excluding carboxylic acids is 1. The summed E-state index contributed by atoms with van der Waals surface area (Å²) in [4.78, 5) is 12.9. The highest BCUT2D eigenvalue weighted by Gasteiger charge is 2.12. The molecule has 0 bridgehead atoms. The number of carbonyl (C=O) groups is 1. The maximum absolute atomic E-state index is 13.6. The number of nitrogens with zero attached hydrogens (tertiary/aromatic N) is 2. The van der Waals surface area contributed by atoms with E-state index >= 15 is 0 Å². The molecular weight excluding hydrogens is 374 g/mol. The fourth-order valence-corrected chi connectivity index (χ4v) is 3.09. The summed E-state index contributed by atoms with van der Waals surface area (Å²) in [6, 6.07) is 9.41. The lowest BCUT2D eigenvalue weighted by Gasteiger charge is -1.99. The summed E-state index contributed by atoms with van der Waals surface area (Å²) in [5, 5.41) is 10.6. The Hall–Kier alpha value is -2.22. The van der Waals surface area contributed by atoms with Gasteiger partial charge in [-0.25, -0.2) is 9.82 Å². The maximum Gasteiger partial charge on any atom is 0.291 e. The Labute approximate surface area is 150 Å². The first-order chi connectivity index (χ1) is 11.5. The van der Waals surface area contributed by atoms with Crippen LogP contribution in [-0.2, 0) is 0 Å². The van der Waals surface area contributed by atoms with Crippen LogP contribution in [0.2, 0.25) is 9.36 Å². The lowest BCUT2D eigenvalue weighted by molar-refractivity contribution is 0.0950. The normalized spacial score (nSPS) is 11.1. The second-order valence-electron chi connectivity index (χ2n) is 4.61. The second kappa shape index (κ2) is 7.12. The van der Waals surface area contributed by atoms with Gasteiger partial charge in [0.1, 0.15) is 5.82 Å². The van der Waals surface area contributed by atoms with Gasteiger partial charge in [0.25, 0.3) is 5.91 Å². The van der Waals surface area contributed by atoms with Crippen LogP contribution in [0.3, 0.4) is 0 Å². The van der Waals surface area contributed by atoms with Gasteiger partial charge in [0.2, 0.25) is 0 Å². The first-order valence-electron chi connectivity index (χ1n) is 6.63. The van der Waals surface area contributed by atoms with Gasteiger partial charge in [-0.15, -0.1) is 11.3 Å². The van der Waals surface area contributed by atoms with Crippen molar-refractivity contribution in [2.45, 2.75) is 0 Å². The number of aromatic nitrogens is 2.